The smallest absolute Gasteiger partial charge is 0.229 e. The molecule has 0 unspecified atom stereocenters. The van der Waals surface area contributed by atoms with Gasteiger partial charge in [0.2, 0.25) is 5.95 Å². The quantitative estimate of drug-likeness (QED) is 0.406. The Morgan fingerprint density at radius 2 is 1.68 bits per heavy atom. The van der Waals surface area contributed by atoms with Crippen molar-refractivity contribution >= 4 is 28.9 Å². The van der Waals surface area contributed by atoms with Crippen LogP contribution >= 0.6 is 0 Å². The minimum Gasteiger partial charge on any atom is -0.340 e. The van der Waals surface area contributed by atoms with E-state index in [0.717, 1.165) is 22.5 Å². The number of hydrogen-bond donors (Lipinski definition) is 2. The molecular weight excluding hydrogens is 348 g/mol. The first-order chi connectivity index (χ1) is 13.0. The number of anilines is 4. The number of hydrogen-bond acceptors (Lipinski definition) is 5. The number of aryl methyl sites for hydroxylation is 1. The molecule has 0 aliphatic carbocycles. The van der Waals surface area contributed by atoms with Crippen LogP contribution in [-0.2, 0) is 0 Å². The number of carbonyl (C=O) groups is 1. The third-order valence-corrected chi connectivity index (χ3v) is 3.83. The van der Waals surface area contributed by atoms with Gasteiger partial charge in [-0.15, -0.1) is 0 Å². The van der Waals surface area contributed by atoms with Crippen LogP contribution in [0.25, 0.3) is 0 Å². The van der Waals surface area contributed by atoms with Gasteiger partial charge in [-0.25, -0.2) is 4.98 Å². The van der Waals surface area contributed by atoms with Crippen LogP contribution in [0, 0.1) is 6.92 Å². The van der Waals surface area contributed by atoms with E-state index in [2.05, 4.69) is 20.6 Å². The van der Waals surface area contributed by atoms with Crippen molar-refractivity contribution in [3.8, 4) is 0 Å². The lowest BCUT2D eigenvalue weighted by molar-refractivity contribution is 0.104. The Labute approximate surface area is 166 Å². The van der Waals surface area contributed by atoms with Crippen molar-refractivity contribution in [3.63, 3.8) is 0 Å². The van der Waals surface area contributed by atoms with Crippen molar-refractivity contribution in [2.24, 2.45) is 0 Å². The highest BCUT2D eigenvalue weighted by Crippen LogP contribution is 2.22. The van der Waals surface area contributed by atoms with Gasteiger partial charge in [0.1, 0.15) is 5.82 Å². The van der Waals surface area contributed by atoms with Crippen molar-refractivity contribution in [1.29, 1.82) is 0 Å². The van der Waals surface area contributed by atoms with Gasteiger partial charge in [0.15, 0.2) is 5.78 Å². The molecule has 0 saturated carbocycles. The number of carbonyl (C=O) groups excluding carboxylic acids is 1. The van der Waals surface area contributed by atoms with Crippen LogP contribution in [0.2, 0.25) is 0 Å². The lowest BCUT2D eigenvalue weighted by Gasteiger charge is -2.11. The number of aromatic nitrogens is 2. The summed E-state index contributed by atoms with van der Waals surface area (Å²) in [5.74, 6) is 1.19. The monoisotopic (exact) mass is 374 g/mol. The summed E-state index contributed by atoms with van der Waals surface area (Å²) >= 11 is 0. The predicted molar refractivity (Wildman–Crippen MR) is 117 cm³/mol. The van der Waals surface area contributed by atoms with Gasteiger partial charge >= 0.3 is 0 Å². The molecule has 0 saturated heterocycles. The normalized spacial score (nSPS) is 9.82. The van der Waals surface area contributed by atoms with E-state index in [9.17, 15) is 4.79 Å². The molecule has 144 valence electrons. The molecule has 5 nitrogen and oxygen atoms in total. The molecule has 0 aliphatic rings. The molecule has 2 aromatic carbocycles. The molecule has 0 atom stereocenters. The van der Waals surface area contributed by atoms with Crippen molar-refractivity contribution in [2.45, 2.75) is 28.2 Å². The Kier molecular flexibility index (Phi) is 7.04. The fourth-order valence-electron chi connectivity index (χ4n) is 2.51. The van der Waals surface area contributed by atoms with E-state index in [-0.39, 0.29) is 13.2 Å². The second-order valence-electron chi connectivity index (χ2n) is 6.51. The van der Waals surface area contributed by atoms with Gasteiger partial charge < -0.3 is 10.6 Å². The summed E-state index contributed by atoms with van der Waals surface area (Å²) in [6.07, 6.45) is 3.40. The van der Waals surface area contributed by atoms with E-state index < -0.39 is 0 Å². The van der Waals surface area contributed by atoms with Crippen molar-refractivity contribution < 1.29 is 4.79 Å². The molecular formula is C23H26N4O. The first kappa shape index (κ1) is 20.8. The zero-order valence-corrected chi connectivity index (χ0v) is 15.7. The summed E-state index contributed by atoms with van der Waals surface area (Å²) in [5.41, 5.74) is 4.24. The molecule has 0 bridgehead atoms. The summed E-state index contributed by atoms with van der Waals surface area (Å²) in [6, 6.07) is 17.2. The molecule has 0 fully saturated rings. The molecule has 5 heteroatoms. The summed E-state index contributed by atoms with van der Waals surface area (Å²) in [5, 5.41) is 6.47. The molecule has 3 rings (SSSR count). The summed E-state index contributed by atoms with van der Waals surface area (Å²) in [4.78, 5) is 21.1. The average molecular weight is 374 g/mol. The van der Waals surface area contributed by atoms with Gasteiger partial charge in [-0.3, -0.25) is 4.79 Å². The van der Waals surface area contributed by atoms with Crippen molar-refractivity contribution in [2.75, 3.05) is 10.6 Å². The van der Waals surface area contributed by atoms with E-state index >= 15 is 0 Å². The number of nitrogens with one attached hydrogen (secondary N) is 2. The van der Waals surface area contributed by atoms with Crippen LogP contribution in [0.4, 0.5) is 23.1 Å². The molecule has 0 aliphatic heterocycles. The lowest BCUT2D eigenvalue weighted by Crippen LogP contribution is -2.03. The van der Waals surface area contributed by atoms with Crippen LogP contribution in [-0.4, -0.2) is 15.8 Å². The zero-order chi connectivity index (χ0) is 19.2. The molecule has 3 aromatic rings. The fraction of sp³-hybridized carbons (Fsp3) is 0.174. The minimum atomic E-state index is -0.00973. The van der Waals surface area contributed by atoms with Crippen LogP contribution in [0.3, 0.4) is 0 Å². The van der Waals surface area contributed by atoms with Gasteiger partial charge in [0.25, 0.3) is 0 Å². The van der Waals surface area contributed by atoms with E-state index in [1.165, 1.54) is 0 Å². The number of allylic oxidation sites excluding steroid dienone is 2. The Bertz CT molecular complexity index is 977. The Morgan fingerprint density at radius 3 is 2.39 bits per heavy atom. The first-order valence-corrected chi connectivity index (χ1v) is 8.73. The number of rotatable bonds is 6. The highest BCUT2D eigenvalue weighted by molar-refractivity contribution is 6.05. The highest BCUT2D eigenvalue weighted by atomic mass is 16.1. The maximum Gasteiger partial charge on any atom is 0.229 e. The van der Waals surface area contributed by atoms with Gasteiger partial charge in [0, 0.05) is 28.7 Å². The van der Waals surface area contributed by atoms with Crippen LogP contribution in [0.1, 0.15) is 37.2 Å². The molecule has 0 spiro atoms. The summed E-state index contributed by atoms with van der Waals surface area (Å²) < 4.78 is 0. The van der Waals surface area contributed by atoms with Gasteiger partial charge in [-0.2, -0.15) is 4.98 Å². The Hall–Kier alpha value is -3.47. The highest BCUT2D eigenvalue weighted by Gasteiger charge is 2.07. The molecule has 1 heterocycles. The third kappa shape index (κ3) is 5.51. The predicted octanol–water partition coefficient (Wildman–Crippen LogP) is 6.06. The molecule has 0 radical (unpaired) electrons. The Morgan fingerprint density at radius 1 is 0.964 bits per heavy atom. The van der Waals surface area contributed by atoms with Crippen LogP contribution in [0.5, 0.6) is 0 Å². The summed E-state index contributed by atoms with van der Waals surface area (Å²) in [7, 11) is 0. The van der Waals surface area contributed by atoms with E-state index in [0.29, 0.717) is 17.3 Å². The summed E-state index contributed by atoms with van der Waals surface area (Å²) in [6.45, 7) is 5.75. The number of ketones is 1. The van der Waals surface area contributed by atoms with Crippen molar-refractivity contribution in [1.82, 2.24) is 9.97 Å². The Balaban J connectivity index is 0.00000280. The maximum absolute atomic E-state index is 12.2. The number of nitrogens with zero attached hydrogens (tertiary/aromatic N) is 2. The standard InChI is InChI=1S/C22H22N4O.CH4/c1-15(2)12-20(27)17-8-7-11-19(13-17)24-21-16(3)14-23-22(26-21)25-18-9-5-4-6-10-18;/h4-14H,1-3H3,(H2,23,24,25,26);1H4. The number of para-hydroxylation sites is 1. The number of benzene rings is 2. The third-order valence-electron chi connectivity index (χ3n) is 3.83. The molecule has 2 N–H and O–H groups in total. The van der Waals surface area contributed by atoms with Gasteiger partial charge in [0.05, 0.1) is 0 Å². The second kappa shape index (κ2) is 9.46. The second-order valence-corrected chi connectivity index (χ2v) is 6.51. The molecule has 0 amide bonds. The minimum absolute atomic E-state index is 0. The average Bonchev–Trinajstić information content (AvgIpc) is 2.65. The van der Waals surface area contributed by atoms with Crippen LogP contribution in [0.15, 0.2) is 72.4 Å². The zero-order valence-electron chi connectivity index (χ0n) is 15.7. The van der Waals surface area contributed by atoms with Crippen molar-refractivity contribution in [3.05, 3.63) is 83.6 Å². The van der Waals surface area contributed by atoms with Crippen LogP contribution < -0.4 is 10.6 Å². The van der Waals surface area contributed by atoms with E-state index in [1.807, 2.05) is 75.4 Å². The fourth-order valence-corrected chi connectivity index (χ4v) is 2.51. The van der Waals surface area contributed by atoms with E-state index in [1.54, 1.807) is 12.3 Å². The maximum atomic E-state index is 12.2. The largest absolute Gasteiger partial charge is 0.340 e. The van der Waals surface area contributed by atoms with Gasteiger partial charge in [-0.1, -0.05) is 43.3 Å². The first-order valence-electron chi connectivity index (χ1n) is 8.73. The molecule has 1 aromatic heterocycles. The van der Waals surface area contributed by atoms with Gasteiger partial charge in [-0.05, 0) is 51.1 Å². The topological polar surface area (TPSA) is 66.9 Å². The molecule has 28 heavy (non-hydrogen) atoms. The SMILES string of the molecule is C.CC(C)=CC(=O)c1cccc(Nc2nc(Nc3ccccc3)ncc2C)c1. The lowest BCUT2D eigenvalue weighted by atomic mass is 10.1. The van der Waals surface area contributed by atoms with E-state index in [4.69, 9.17) is 0 Å².